The third-order valence-electron chi connectivity index (χ3n) is 4.75. The maximum Gasteiger partial charge on any atom is 0.418 e. The van der Waals surface area contributed by atoms with Gasteiger partial charge in [-0.15, -0.1) is 4.28 Å². The second kappa shape index (κ2) is 7.54. The van der Waals surface area contributed by atoms with E-state index in [1.807, 2.05) is 0 Å². The van der Waals surface area contributed by atoms with Crippen LogP contribution in [-0.2, 0) is 19.5 Å². The number of hydrogen-bond donors (Lipinski definition) is 3. The molecule has 13 heteroatoms. The minimum Gasteiger partial charge on any atom is -0.479 e. The average Bonchev–Trinajstić information content (AvgIpc) is 2.94. The van der Waals surface area contributed by atoms with Crippen LogP contribution >= 0.6 is 0 Å². The SMILES string of the molecule is O=C(Nc1ccccc1)Oc1ccc2c(c1)C1CN(C(=O)N1OS(=O)(=O)O)C2C(=O)O. The monoisotopic (exact) mass is 449 g/mol. The highest BCUT2D eigenvalue weighted by molar-refractivity contribution is 7.80. The number of para-hydroxylation sites is 1. The average molecular weight is 449 g/mol. The fourth-order valence-electron chi connectivity index (χ4n) is 3.58. The molecule has 2 aromatic carbocycles. The lowest BCUT2D eigenvalue weighted by Crippen LogP contribution is -2.38. The Hall–Kier alpha value is -3.68. The van der Waals surface area contributed by atoms with Gasteiger partial charge in [0.25, 0.3) is 0 Å². The molecular weight excluding hydrogens is 434 g/mol. The van der Waals surface area contributed by atoms with Gasteiger partial charge in [0.15, 0.2) is 6.04 Å². The summed E-state index contributed by atoms with van der Waals surface area (Å²) in [5, 5.41) is 12.5. The Morgan fingerprint density at radius 1 is 1.10 bits per heavy atom. The Morgan fingerprint density at radius 3 is 2.45 bits per heavy atom. The lowest BCUT2D eigenvalue weighted by Gasteiger charge is -2.30. The summed E-state index contributed by atoms with van der Waals surface area (Å²) < 4.78 is 40.9. The van der Waals surface area contributed by atoms with Gasteiger partial charge in [0, 0.05) is 5.69 Å². The van der Waals surface area contributed by atoms with E-state index >= 15 is 0 Å². The molecule has 0 spiro atoms. The number of carboxylic acid groups (broad SMARTS) is 1. The van der Waals surface area contributed by atoms with Crippen molar-refractivity contribution in [3.63, 3.8) is 0 Å². The predicted molar refractivity (Wildman–Crippen MR) is 102 cm³/mol. The molecule has 2 unspecified atom stereocenters. The van der Waals surface area contributed by atoms with Crippen LogP contribution in [0.4, 0.5) is 15.3 Å². The maximum atomic E-state index is 12.5. The van der Waals surface area contributed by atoms with Crippen molar-refractivity contribution in [1.29, 1.82) is 0 Å². The van der Waals surface area contributed by atoms with Crippen molar-refractivity contribution in [3.8, 4) is 5.75 Å². The van der Waals surface area contributed by atoms with Crippen LogP contribution < -0.4 is 10.1 Å². The molecule has 1 fully saturated rings. The van der Waals surface area contributed by atoms with Crippen LogP contribution in [0.5, 0.6) is 5.75 Å². The summed E-state index contributed by atoms with van der Waals surface area (Å²) in [7, 11) is -5.05. The lowest BCUT2D eigenvalue weighted by molar-refractivity contribution is -0.142. The van der Waals surface area contributed by atoms with Crippen LogP contribution in [0, 0.1) is 0 Å². The number of ether oxygens (including phenoxy) is 1. The molecule has 3 amide bonds. The summed E-state index contributed by atoms with van der Waals surface area (Å²) in [6, 6.07) is 9.01. The summed E-state index contributed by atoms with van der Waals surface area (Å²) in [4.78, 5) is 37.4. The molecule has 2 aromatic rings. The number of carboxylic acids is 1. The molecule has 2 atom stereocenters. The summed E-state index contributed by atoms with van der Waals surface area (Å²) in [5.41, 5.74) is 0.874. The van der Waals surface area contributed by atoms with Gasteiger partial charge in [0.1, 0.15) is 11.8 Å². The number of amides is 3. The third kappa shape index (κ3) is 4.01. The molecule has 0 aromatic heterocycles. The largest absolute Gasteiger partial charge is 0.479 e. The highest BCUT2D eigenvalue weighted by atomic mass is 32.3. The number of aliphatic carboxylic acids is 1. The standard InChI is InChI=1S/C18H15N3O9S/c22-16(23)15-12-7-6-11(29-17(24)19-10-4-2-1-3-5-10)8-13(12)14-9-20(15)18(25)21(14)30-31(26,27)28/h1-8,14-15H,9H2,(H,19,24)(H,22,23)(H,26,27,28). The normalized spacial score (nSPS) is 19.7. The number of carbonyl (C=O) groups is 3. The van der Waals surface area contributed by atoms with E-state index in [9.17, 15) is 27.9 Å². The minimum atomic E-state index is -5.05. The molecule has 0 radical (unpaired) electrons. The number of fused-ring (bicyclic) bond motifs is 4. The zero-order valence-electron chi connectivity index (χ0n) is 15.5. The van der Waals surface area contributed by atoms with Crippen molar-refractivity contribution in [2.24, 2.45) is 0 Å². The van der Waals surface area contributed by atoms with Gasteiger partial charge in [-0.05, 0) is 35.4 Å². The molecule has 2 bridgehead atoms. The molecule has 0 saturated carbocycles. The summed E-state index contributed by atoms with van der Waals surface area (Å²) in [5.74, 6) is -1.33. The first-order valence-electron chi connectivity index (χ1n) is 8.81. The van der Waals surface area contributed by atoms with E-state index in [4.69, 9.17) is 9.29 Å². The number of urea groups is 1. The van der Waals surface area contributed by atoms with E-state index in [1.54, 1.807) is 30.3 Å². The Bertz CT molecular complexity index is 1170. The number of hydroxylamine groups is 2. The Kier molecular flexibility index (Phi) is 5.00. The van der Waals surface area contributed by atoms with Crippen LogP contribution in [-0.4, -0.2) is 52.7 Å². The minimum absolute atomic E-state index is 0.0240. The van der Waals surface area contributed by atoms with Crippen LogP contribution in [0.1, 0.15) is 23.2 Å². The molecule has 2 heterocycles. The van der Waals surface area contributed by atoms with E-state index in [1.165, 1.54) is 18.2 Å². The van der Waals surface area contributed by atoms with Gasteiger partial charge < -0.3 is 14.7 Å². The van der Waals surface area contributed by atoms with E-state index in [-0.39, 0.29) is 23.4 Å². The smallest absolute Gasteiger partial charge is 0.418 e. The lowest BCUT2D eigenvalue weighted by atomic mass is 9.91. The number of nitrogens with one attached hydrogen (secondary N) is 1. The van der Waals surface area contributed by atoms with Crippen molar-refractivity contribution >= 4 is 34.2 Å². The van der Waals surface area contributed by atoms with Crippen molar-refractivity contribution < 1.29 is 41.5 Å². The highest BCUT2D eigenvalue weighted by Crippen LogP contribution is 2.45. The van der Waals surface area contributed by atoms with Crippen molar-refractivity contribution in [2.75, 3.05) is 11.9 Å². The molecule has 3 N–H and O–H groups in total. The first-order valence-corrected chi connectivity index (χ1v) is 10.2. The molecule has 2 aliphatic heterocycles. The maximum absolute atomic E-state index is 12.5. The van der Waals surface area contributed by atoms with E-state index in [0.717, 1.165) is 4.90 Å². The zero-order valence-corrected chi connectivity index (χ0v) is 16.4. The van der Waals surface area contributed by atoms with Gasteiger partial charge in [-0.2, -0.15) is 13.5 Å². The van der Waals surface area contributed by atoms with Gasteiger partial charge in [-0.3, -0.25) is 9.87 Å². The Balaban J connectivity index is 1.65. The summed E-state index contributed by atoms with van der Waals surface area (Å²) in [6.45, 7) is -0.210. The highest BCUT2D eigenvalue weighted by Gasteiger charge is 2.52. The molecular formula is C18H15N3O9S. The van der Waals surface area contributed by atoms with Gasteiger partial charge in [0.2, 0.25) is 0 Å². The number of nitrogens with zero attached hydrogens (tertiary/aromatic N) is 2. The van der Waals surface area contributed by atoms with Gasteiger partial charge in [0.05, 0.1) is 6.54 Å². The number of benzene rings is 2. The predicted octanol–water partition coefficient (Wildman–Crippen LogP) is 1.95. The summed E-state index contributed by atoms with van der Waals surface area (Å²) >= 11 is 0. The Labute approximate surface area is 175 Å². The number of carbonyl (C=O) groups excluding carboxylic acids is 2. The topological polar surface area (TPSA) is 163 Å². The third-order valence-corrected chi connectivity index (χ3v) is 5.10. The van der Waals surface area contributed by atoms with E-state index < -0.39 is 40.6 Å². The fraction of sp³-hybridized carbons (Fsp3) is 0.167. The molecule has 1 saturated heterocycles. The second-order valence-corrected chi connectivity index (χ2v) is 7.70. The zero-order chi connectivity index (χ0) is 22.3. The van der Waals surface area contributed by atoms with Crippen LogP contribution in [0.3, 0.4) is 0 Å². The number of hydrogen-bond acceptors (Lipinski definition) is 7. The number of anilines is 1. The molecule has 31 heavy (non-hydrogen) atoms. The van der Waals surface area contributed by atoms with Gasteiger partial charge in [-0.1, -0.05) is 24.3 Å². The molecule has 162 valence electrons. The van der Waals surface area contributed by atoms with Crippen molar-refractivity contribution in [2.45, 2.75) is 12.1 Å². The molecule has 4 rings (SSSR count). The molecule has 0 aliphatic carbocycles. The van der Waals surface area contributed by atoms with Crippen LogP contribution in [0.15, 0.2) is 48.5 Å². The van der Waals surface area contributed by atoms with Crippen molar-refractivity contribution in [1.82, 2.24) is 9.96 Å². The van der Waals surface area contributed by atoms with E-state index in [2.05, 4.69) is 9.60 Å². The summed E-state index contributed by atoms with van der Waals surface area (Å²) in [6.07, 6.45) is -0.813. The van der Waals surface area contributed by atoms with Crippen LogP contribution in [0.25, 0.3) is 0 Å². The second-order valence-electron chi connectivity index (χ2n) is 6.69. The van der Waals surface area contributed by atoms with E-state index in [0.29, 0.717) is 10.8 Å². The van der Waals surface area contributed by atoms with Crippen molar-refractivity contribution in [3.05, 3.63) is 59.7 Å². The Morgan fingerprint density at radius 2 is 1.81 bits per heavy atom. The number of rotatable bonds is 5. The van der Waals surface area contributed by atoms with Crippen LogP contribution in [0.2, 0.25) is 0 Å². The van der Waals surface area contributed by atoms with Gasteiger partial charge in [-0.25, -0.2) is 14.4 Å². The van der Waals surface area contributed by atoms with Gasteiger partial charge >= 0.3 is 28.5 Å². The first kappa shape index (κ1) is 20.6. The first-order chi connectivity index (χ1) is 14.6. The fourth-order valence-corrected chi connectivity index (χ4v) is 3.95. The molecule has 2 aliphatic rings. The molecule has 12 nitrogen and oxygen atoms in total. The quantitative estimate of drug-likeness (QED) is 0.579.